The molecule has 8 rings (SSSR count). The Hall–Kier alpha value is -5.66. The van der Waals surface area contributed by atoms with Gasteiger partial charge in [0.15, 0.2) is 5.69 Å². The number of ether oxygens (including phenoxy) is 1. The van der Waals surface area contributed by atoms with Gasteiger partial charge in [0.05, 0.1) is 40.8 Å². The number of anilines is 2. The van der Waals surface area contributed by atoms with Crippen LogP contribution in [0.1, 0.15) is 77.2 Å². The molecule has 0 atom stereocenters. The first-order chi connectivity index (χ1) is 28.2. The summed E-state index contributed by atoms with van der Waals surface area (Å²) < 4.78 is 6.50. The van der Waals surface area contributed by atoms with Crippen LogP contribution in [0, 0.1) is 0 Å². The summed E-state index contributed by atoms with van der Waals surface area (Å²) in [4.78, 5) is 64.2. The number of piperazine rings is 1. The first-order valence-electron chi connectivity index (χ1n) is 20.8. The molecule has 3 aliphatic heterocycles. The number of piperidine rings is 2. The van der Waals surface area contributed by atoms with Crippen molar-refractivity contribution in [1.82, 2.24) is 34.6 Å². The van der Waals surface area contributed by atoms with Gasteiger partial charge in [0.2, 0.25) is 0 Å². The zero-order valence-corrected chi connectivity index (χ0v) is 33.5. The molecule has 7 heterocycles. The Kier molecular flexibility index (Phi) is 11.8. The number of carbonyl (C=O) groups excluding carboxylic acids is 2. The highest BCUT2D eigenvalue weighted by Gasteiger charge is 2.31. The molecule has 13 nitrogen and oxygen atoms in total. The molecule has 0 bridgehead atoms. The standard InChI is InChI=1S/C45H53N9O4/c1-3-30-6-5-7-33(22-30)34-24-38(46)42(49-27-34)45(57)54-16-12-37(13-17-54)58-36-10-14-53(15-11-36)44(56)39-9-8-35(28-48-39)52-20-18-51(19-21-52)29-31-23-41-40(47-26-31)25-32(4-2)43(55)50-41/h5-9,22-28,36-37H,3-4,10-21,29,46H2,1-2H3,(H,50,55). The zero-order chi connectivity index (χ0) is 40.2. The molecule has 0 spiro atoms. The van der Waals surface area contributed by atoms with Gasteiger partial charge < -0.3 is 30.2 Å². The highest BCUT2D eigenvalue weighted by molar-refractivity contribution is 5.98. The molecule has 3 N–H and O–H groups in total. The molecule has 58 heavy (non-hydrogen) atoms. The number of benzene rings is 1. The van der Waals surface area contributed by atoms with E-state index >= 15 is 0 Å². The van der Waals surface area contributed by atoms with Crippen LogP contribution in [0.15, 0.2) is 78.0 Å². The number of nitrogens with two attached hydrogens (primary N) is 1. The van der Waals surface area contributed by atoms with Crippen molar-refractivity contribution in [3.05, 3.63) is 112 Å². The number of carbonyl (C=O) groups is 2. The summed E-state index contributed by atoms with van der Waals surface area (Å²) >= 11 is 0. The van der Waals surface area contributed by atoms with Gasteiger partial charge in [-0.15, -0.1) is 0 Å². The van der Waals surface area contributed by atoms with Crippen LogP contribution >= 0.6 is 0 Å². The first-order valence-corrected chi connectivity index (χ1v) is 20.8. The molecule has 0 unspecified atom stereocenters. The van der Waals surface area contributed by atoms with Gasteiger partial charge in [0.1, 0.15) is 5.69 Å². The third-order valence-electron chi connectivity index (χ3n) is 11.9. The van der Waals surface area contributed by atoms with Gasteiger partial charge in [-0.3, -0.25) is 24.3 Å². The average molecular weight is 784 g/mol. The van der Waals surface area contributed by atoms with Gasteiger partial charge in [0, 0.05) is 82.4 Å². The summed E-state index contributed by atoms with van der Waals surface area (Å²) in [5.74, 6) is -0.189. The number of nitrogens with one attached hydrogen (secondary N) is 1. The molecule has 302 valence electrons. The van der Waals surface area contributed by atoms with Crippen molar-refractivity contribution in [2.45, 2.75) is 71.1 Å². The van der Waals surface area contributed by atoms with Gasteiger partial charge in [-0.1, -0.05) is 38.1 Å². The third-order valence-corrected chi connectivity index (χ3v) is 11.9. The van der Waals surface area contributed by atoms with Crippen molar-refractivity contribution < 1.29 is 14.3 Å². The maximum Gasteiger partial charge on any atom is 0.274 e. The number of aromatic amines is 1. The number of hydrogen-bond acceptors (Lipinski definition) is 10. The van der Waals surface area contributed by atoms with Gasteiger partial charge in [-0.25, -0.2) is 9.97 Å². The topological polar surface area (TPSA) is 154 Å². The van der Waals surface area contributed by atoms with E-state index in [9.17, 15) is 14.4 Å². The van der Waals surface area contributed by atoms with Gasteiger partial charge >= 0.3 is 0 Å². The Bertz CT molecular complexity index is 2310. The number of pyridine rings is 4. The Morgan fingerprint density at radius 3 is 2.12 bits per heavy atom. The fraction of sp³-hybridized carbons (Fsp3) is 0.422. The lowest BCUT2D eigenvalue weighted by atomic mass is 10.0. The minimum Gasteiger partial charge on any atom is -0.397 e. The Balaban J connectivity index is 0.758. The second-order valence-corrected chi connectivity index (χ2v) is 15.8. The zero-order valence-electron chi connectivity index (χ0n) is 33.5. The molecule has 4 aromatic heterocycles. The number of H-pyrrole nitrogens is 1. The number of nitrogen functional groups attached to an aromatic ring is 1. The van der Waals surface area contributed by atoms with Crippen LogP contribution in [-0.2, 0) is 24.1 Å². The van der Waals surface area contributed by atoms with Crippen LogP contribution in [0.25, 0.3) is 22.2 Å². The average Bonchev–Trinajstić information content (AvgIpc) is 3.26. The monoisotopic (exact) mass is 783 g/mol. The molecule has 3 aliphatic rings. The normalized spacial score (nSPS) is 17.2. The number of amides is 2. The predicted molar refractivity (Wildman–Crippen MR) is 226 cm³/mol. The number of hydrogen-bond donors (Lipinski definition) is 2. The largest absolute Gasteiger partial charge is 0.397 e. The quantitative estimate of drug-likeness (QED) is 0.190. The van der Waals surface area contributed by atoms with E-state index in [0.717, 1.165) is 104 Å². The third kappa shape index (κ3) is 8.75. The van der Waals surface area contributed by atoms with E-state index in [0.29, 0.717) is 49.7 Å². The summed E-state index contributed by atoms with van der Waals surface area (Å²) in [7, 11) is 0. The summed E-state index contributed by atoms with van der Waals surface area (Å²) in [6.07, 6.45) is 10.3. The maximum atomic E-state index is 13.4. The van der Waals surface area contributed by atoms with E-state index < -0.39 is 0 Å². The second-order valence-electron chi connectivity index (χ2n) is 15.8. The summed E-state index contributed by atoms with van der Waals surface area (Å²) in [5, 5.41) is 0. The molecule has 0 aliphatic carbocycles. The highest BCUT2D eigenvalue weighted by atomic mass is 16.5. The summed E-state index contributed by atoms with van der Waals surface area (Å²) in [6, 6.07) is 17.9. The summed E-state index contributed by atoms with van der Waals surface area (Å²) in [5.41, 5.74) is 15.1. The van der Waals surface area contributed by atoms with Crippen LogP contribution in [0.3, 0.4) is 0 Å². The van der Waals surface area contributed by atoms with Crippen molar-refractivity contribution in [3.63, 3.8) is 0 Å². The van der Waals surface area contributed by atoms with Crippen LogP contribution in [0.2, 0.25) is 0 Å². The molecule has 0 radical (unpaired) electrons. The lowest BCUT2D eigenvalue weighted by Gasteiger charge is -2.37. The number of aryl methyl sites for hydroxylation is 2. The van der Waals surface area contributed by atoms with Crippen molar-refractivity contribution in [1.29, 1.82) is 0 Å². The van der Waals surface area contributed by atoms with Crippen LogP contribution in [-0.4, -0.2) is 111 Å². The minimum atomic E-state index is -0.141. The van der Waals surface area contributed by atoms with E-state index in [1.807, 2.05) is 71.6 Å². The number of likely N-dealkylation sites (tertiary alicyclic amines) is 2. The van der Waals surface area contributed by atoms with Crippen LogP contribution in [0.5, 0.6) is 0 Å². The van der Waals surface area contributed by atoms with Gasteiger partial charge in [0.25, 0.3) is 17.4 Å². The molecule has 0 saturated carbocycles. The smallest absolute Gasteiger partial charge is 0.274 e. The first kappa shape index (κ1) is 39.2. The molecular weight excluding hydrogens is 731 g/mol. The lowest BCUT2D eigenvalue weighted by Crippen LogP contribution is -2.46. The Morgan fingerprint density at radius 2 is 1.47 bits per heavy atom. The minimum absolute atomic E-state index is 0.0456. The van der Waals surface area contributed by atoms with E-state index in [2.05, 4.69) is 48.8 Å². The number of rotatable bonds is 10. The number of nitrogens with zero attached hydrogens (tertiary/aromatic N) is 7. The molecule has 2 amide bonds. The Labute approximate surface area is 339 Å². The van der Waals surface area contributed by atoms with Gasteiger partial charge in [-0.05, 0) is 85.5 Å². The van der Waals surface area contributed by atoms with Crippen LogP contribution in [0.4, 0.5) is 11.4 Å². The number of fused-ring (bicyclic) bond motifs is 1. The van der Waals surface area contributed by atoms with Crippen LogP contribution < -0.4 is 16.2 Å². The highest BCUT2D eigenvalue weighted by Crippen LogP contribution is 2.27. The van der Waals surface area contributed by atoms with E-state index in [1.165, 1.54) is 5.56 Å². The molecule has 5 aromatic rings. The lowest BCUT2D eigenvalue weighted by molar-refractivity contribution is -0.0593. The maximum absolute atomic E-state index is 13.4. The molecule has 1 aromatic carbocycles. The van der Waals surface area contributed by atoms with Crippen molar-refractivity contribution in [2.75, 3.05) is 63.0 Å². The van der Waals surface area contributed by atoms with Crippen molar-refractivity contribution >= 4 is 34.2 Å². The predicted octanol–water partition coefficient (Wildman–Crippen LogP) is 5.34. The second kappa shape index (κ2) is 17.5. The summed E-state index contributed by atoms with van der Waals surface area (Å²) in [6.45, 7) is 10.8. The molecule has 3 fully saturated rings. The fourth-order valence-electron chi connectivity index (χ4n) is 8.40. The van der Waals surface area contributed by atoms with Crippen molar-refractivity contribution in [3.8, 4) is 11.1 Å². The fourth-order valence-corrected chi connectivity index (χ4v) is 8.40. The SMILES string of the molecule is CCc1cccc(-c2cnc(C(=O)N3CCC(OC4CCN(C(=O)c5ccc(N6CCN(Cc7cnc8cc(CC)c(=O)[nH]c8c7)CC6)cn5)CC4)CC3)c(N)c2)c1. The number of aromatic nitrogens is 4. The molecule has 3 saturated heterocycles. The van der Waals surface area contributed by atoms with Crippen molar-refractivity contribution in [2.24, 2.45) is 0 Å². The van der Waals surface area contributed by atoms with E-state index in [4.69, 9.17) is 10.5 Å². The van der Waals surface area contributed by atoms with Gasteiger partial charge in [-0.2, -0.15) is 0 Å². The van der Waals surface area contributed by atoms with E-state index in [-0.39, 0.29) is 29.6 Å². The Morgan fingerprint density at radius 1 is 0.741 bits per heavy atom. The molecular formula is C45H53N9O4. The molecule has 13 heteroatoms. The van der Waals surface area contributed by atoms with E-state index in [1.54, 1.807) is 6.20 Å².